The van der Waals surface area contributed by atoms with E-state index >= 15 is 0 Å². The van der Waals surface area contributed by atoms with Crippen molar-refractivity contribution >= 4 is 15.7 Å². The summed E-state index contributed by atoms with van der Waals surface area (Å²) in [5, 5.41) is 1.66. The molecule has 1 N–H and O–H groups in total. The molecule has 2 aromatic carbocycles. The van der Waals surface area contributed by atoms with Crippen LogP contribution in [0.2, 0.25) is 0 Å². The lowest BCUT2D eigenvalue weighted by molar-refractivity contribution is -0.121. The Hall–Kier alpha value is -2.21. The number of carbonyl (C=O) groups is 1. The van der Waals surface area contributed by atoms with Crippen molar-refractivity contribution in [2.75, 3.05) is 6.26 Å². The highest BCUT2D eigenvalue weighted by atomic mass is 32.2. The van der Waals surface area contributed by atoms with E-state index in [1.807, 2.05) is 30.3 Å². The minimum atomic E-state index is -3.47. The van der Waals surface area contributed by atoms with Crippen molar-refractivity contribution in [1.29, 1.82) is 0 Å². The smallest absolute Gasteiger partial charge is 0.238 e. The molecule has 1 amide bonds. The molecule has 0 aliphatic heterocycles. The molecular formula is C18H20FNO3S. The normalized spacial score (nSPS) is 14.0. The third-order valence-electron chi connectivity index (χ3n) is 3.88. The van der Waals surface area contributed by atoms with Gasteiger partial charge in [-0.25, -0.2) is 12.8 Å². The van der Waals surface area contributed by atoms with Crippen molar-refractivity contribution in [3.63, 3.8) is 0 Å². The average molecular weight is 349 g/mol. The van der Waals surface area contributed by atoms with Crippen molar-refractivity contribution < 1.29 is 17.6 Å². The van der Waals surface area contributed by atoms with Crippen molar-refractivity contribution in [3.8, 4) is 0 Å². The Bertz CT molecular complexity index is 789. The number of hydrogen-bond acceptors (Lipinski definition) is 3. The molecule has 2 rings (SSSR count). The summed E-state index contributed by atoms with van der Waals surface area (Å²) in [6.07, 6.45) is 1.47. The first-order valence-corrected chi connectivity index (χ1v) is 9.51. The highest BCUT2D eigenvalue weighted by Gasteiger charge is 2.26. The average Bonchev–Trinajstić information content (AvgIpc) is 2.55. The highest BCUT2D eigenvalue weighted by molar-refractivity contribution is 7.92. The first kappa shape index (κ1) is 18.1. The van der Waals surface area contributed by atoms with Crippen LogP contribution in [-0.4, -0.2) is 25.8 Å². The number of sulfone groups is 1. The monoisotopic (exact) mass is 349 g/mol. The van der Waals surface area contributed by atoms with E-state index in [1.54, 1.807) is 12.1 Å². The van der Waals surface area contributed by atoms with Crippen LogP contribution >= 0.6 is 0 Å². The van der Waals surface area contributed by atoms with Crippen molar-refractivity contribution in [3.05, 3.63) is 71.5 Å². The maximum atomic E-state index is 13.1. The summed E-state index contributed by atoms with van der Waals surface area (Å²) in [5.41, 5.74) is 1.70. The molecule has 0 spiro atoms. The molecule has 0 heterocycles. The van der Waals surface area contributed by atoms with Gasteiger partial charge in [-0.3, -0.25) is 4.79 Å². The van der Waals surface area contributed by atoms with E-state index in [-0.39, 0.29) is 5.82 Å². The van der Waals surface area contributed by atoms with Gasteiger partial charge in [-0.05, 0) is 36.6 Å². The lowest BCUT2D eigenvalue weighted by Gasteiger charge is -2.21. The lowest BCUT2D eigenvalue weighted by atomic mass is 9.98. The van der Waals surface area contributed by atoms with Crippen molar-refractivity contribution in [1.82, 2.24) is 5.32 Å². The zero-order chi connectivity index (χ0) is 17.7. The fourth-order valence-corrected chi connectivity index (χ4v) is 2.73. The number of amides is 1. The molecule has 4 nitrogen and oxygen atoms in total. The molecule has 0 unspecified atom stereocenters. The van der Waals surface area contributed by atoms with Gasteiger partial charge in [0, 0.05) is 6.26 Å². The SMILES string of the molecule is C[C@@H](C(=O)N[C@H](Cc1ccc(F)cc1)c1ccccc1)S(C)(=O)=O. The third-order valence-corrected chi connectivity index (χ3v) is 5.38. The van der Waals surface area contributed by atoms with E-state index in [9.17, 15) is 17.6 Å². The number of halogens is 1. The highest BCUT2D eigenvalue weighted by Crippen LogP contribution is 2.19. The second-order valence-electron chi connectivity index (χ2n) is 5.77. The molecule has 0 saturated carbocycles. The fraction of sp³-hybridized carbons (Fsp3) is 0.278. The Morgan fingerprint density at radius 3 is 2.21 bits per heavy atom. The molecule has 0 radical (unpaired) electrons. The summed E-state index contributed by atoms with van der Waals surface area (Å²) < 4.78 is 36.2. The van der Waals surface area contributed by atoms with Gasteiger partial charge in [0.15, 0.2) is 9.84 Å². The molecular weight excluding hydrogens is 329 g/mol. The predicted octanol–water partition coefficient (Wildman–Crippen LogP) is 2.66. The zero-order valence-corrected chi connectivity index (χ0v) is 14.4. The van der Waals surface area contributed by atoms with E-state index in [0.29, 0.717) is 6.42 Å². The van der Waals surface area contributed by atoms with Crippen LogP contribution in [0.1, 0.15) is 24.1 Å². The van der Waals surface area contributed by atoms with Crippen molar-refractivity contribution in [2.24, 2.45) is 0 Å². The van der Waals surface area contributed by atoms with Gasteiger partial charge in [-0.15, -0.1) is 0 Å². The molecule has 0 aromatic heterocycles. The molecule has 2 atom stereocenters. The maximum absolute atomic E-state index is 13.1. The number of carbonyl (C=O) groups excluding carboxylic acids is 1. The minimum absolute atomic E-state index is 0.329. The van der Waals surface area contributed by atoms with Crippen LogP contribution in [0.4, 0.5) is 4.39 Å². The van der Waals surface area contributed by atoms with E-state index in [0.717, 1.165) is 17.4 Å². The first-order valence-electron chi connectivity index (χ1n) is 7.56. The Morgan fingerprint density at radius 2 is 1.67 bits per heavy atom. The summed E-state index contributed by atoms with van der Waals surface area (Å²) in [5.74, 6) is -0.877. The molecule has 0 fully saturated rings. The Kier molecular flexibility index (Phi) is 5.72. The van der Waals surface area contributed by atoms with E-state index < -0.39 is 27.0 Å². The molecule has 2 aromatic rings. The van der Waals surface area contributed by atoms with E-state index in [1.165, 1.54) is 19.1 Å². The fourth-order valence-electron chi connectivity index (χ4n) is 2.28. The van der Waals surface area contributed by atoms with Crippen LogP contribution in [-0.2, 0) is 21.1 Å². The zero-order valence-electron chi connectivity index (χ0n) is 13.6. The number of benzene rings is 2. The molecule has 128 valence electrons. The molecule has 6 heteroatoms. The van der Waals surface area contributed by atoms with Crippen molar-refractivity contribution in [2.45, 2.75) is 24.6 Å². The second kappa shape index (κ2) is 7.57. The second-order valence-corrected chi connectivity index (χ2v) is 8.14. The van der Waals surface area contributed by atoms with Gasteiger partial charge in [0.05, 0.1) is 6.04 Å². The van der Waals surface area contributed by atoms with E-state index in [4.69, 9.17) is 0 Å². The Balaban J connectivity index is 2.23. The van der Waals surface area contributed by atoms with Crippen LogP contribution in [0.25, 0.3) is 0 Å². The van der Waals surface area contributed by atoms with Gasteiger partial charge < -0.3 is 5.32 Å². The first-order chi connectivity index (χ1) is 11.3. The van der Waals surface area contributed by atoms with Crippen LogP contribution in [0, 0.1) is 5.82 Å². The standard InChI is InChI=1S/C18H20FNO3S/c1-13(24(2,22)23)18(21)20-17(15-6-4-3-5-7-15)12-14-8-10-16(19)11-9-14/h3-11,13,17H,12H2,1-2H3,(H,20,21)/t13-,17+/m0/s1. The largest absolute Gasteiger partial charge is 0.348 e. The summed E-state index contributed by atoms with van der Waals surface area (Å²) in [6.45, 7) is 1.37. The van der Waals surface area contributed by atoms with Gasteiger partial charge in [-0.2, -0.15) is 0 Å². The summed E-state index contributed by atoms with van der Waals surface area (Å²) in [4.78, 5) is 12.3. The molecule has 0 bridgehead atoms. The molecule has 0 aliphatic rings. The van der Waals surface area contributed by atoms with Crippen LogP contribution < -0.4 is 5.32 Å². The minimum Gasteiger partial charge on any atom is -0.348 e. The topological polar surface area (TPSA) is 63.2 Å². The summed E-state index contributed by atoms with van der Waals surface area (Å²) >= 11 is 0. The van der Waals surface area contributed by atoms with Gasteiger partial charge in [-0.1, -0.05) is 42.5 Å². The molecule has 24 heavy (non-hydrogen) atoms. The number of rotatable bonds is 6. The Labute approximate surface area is 141 Å². The van der Waals surface area contributed by atoms with Gasteiger partial charge >= 0.3 is 0 Å². The lowest BCUT2D eigenvalue weighted by Crippen LogP contribution is -2.40. The summed E-state index contributed by atoms with van der Waals surface area (Å²) in [6, 6.07) is 14.9. The Morgan fingerprint density at radius 1 is 1.08 bits per heavy atom. The third kappa shape index (κ3) is 4.89. The predicted molar refractivity (Wildman–Crippen MR) is 91.7 cm³/mol. The van der Waals surface area contributed by atoms with Crippen LogP contribution in [0.15, 0.2) is 54.6 Å². The van der Waals surface area contributed by atoms with Crippen LogP contribution in [0.5, 0.6) is 0 Å². The van der Waals surface area contributed by atoms with Crippen LogP contribution in [0.3, 0.4) is 0 Å². The summed E-state index contributed by atoms with van der Waals surface area (Å²) in [7, 11) is -3.47. The van der Waals surface area contributed by atoms with Gasteiger partial charge in [0.25, 0.3) is 0 Å². The molecule has 0 saturated heterocycles. The van der Waals surface area contributed by atoms with Gasteiger partial charge in [0.2, 0.25) is 5.91 Å². The number of hydrogen-bond donors (Lipinski definition) is 1. The number of nitrogens with one attached hydrogen (secondary N) is 1. The quantitative estimate of drug-likeness (QED) is 0.872. The van der Waals surface area contributed by atoms with E-state index in [2.05, 4.69) is 5.32 Å². The van der Waals surface area contributed by atoms with Gasteiger partial charge in [0.1, 0.15) is 11.1 Å². The maximum Gasteiger partial charge on any atom is 0.238 e. The molecule has 0 aliphatic carbocycles.